The fourth-order valence-corrected chi connectivity index (χ4v) is 5.34. The average molecular weight is 527 g/mol. The zero-order valence-corrected chi connectivity index (χ0v) is 20.1. The number of fused-ring (bicyclic) bond motifs is 1. The van der Waals surface area contributed by atoms with Gasteiger partial charge in [-0.3, -0.25) is 29.8 Å². The van der Waals surface area contributed by atoms with Crippen LogP contribution in [0.25, 0.3) is 0 Å². The first-order chi connectivity index (χ1) is 18.0. The van der Waals surface area contributed by atoms with Crippen LogP contribution >= 0.6 is 0 Å². The zero-order chi connectivity index (χ0) is 27.8. The highest BCUT2D eigenvalue weighted by Gasteiger charge is 2.68. The quantitative estimate of drug-likeness (QED) is 0.135. The Hall–Kier alpha value is -4.72. The van der Waals surface area contributed by atoms with Crippen LogP contribution in [0.15, 0.2) is 42.5 Å². The molecule has 14 nitrogen and oxygen atoms in total. The van der Waals surface area contributed by atoms with Crippen molar-refractivity contribution in [3.63, 3.8) is 0 Å². The predicted molar refractivity (Wildman–Crippen MR) is 130 cm³/mol. The first-order valence-corrected chi connectivity index (χ1v) is 11.6. The molecule has 14 heteroatoms. The van der Waals surface area contributed by atoms with E-state index in [2.05, 4.69) is 10.6 Å². The Morgan fingerprint density at radius 2 is 1.95 bits per heavy atom. The fourth-order valence-electron chi connectivity index (χ4n) is 5.34. The number of rotatable bonds is 9. The number of methoxy groups -OCH3 is 1. The molecule has 200 valence electrons. The highest BCUT2D eigenvalue weighted by molar-refractivity contribution is 6.24. The normalized spacial score (nSPS) is 24.2. The number of phenols is 1. The monoisotopic (exact) mass is 527 g/mol. The molecule has 0 aromatic heterocycles. The number of amides is 4. The summed E-state index contributed by atoms with van der Waals surface area (Å²) in [7, 11) is 1.32. The summed E-state index contributed by atoms with van der Waals surface area (Å²) in [6, 6.07) is 7.46. The molecule has 2 aliphatic heterocycles. The van der Waals surface area contributed by atoms with Gasteiger partial charge in [0.2, 0.25) is 11.8 Å². The molecule has 2 aromatic carbocycles. The summed E-state index contributed by atoms with van der Waals surface area (Å²) >= 11 is 0. The molecule has 0 bridgehead atoms. The van der Waals surface area contributed by atoms with Gasteiger partial charge >= 0.3 is 12.0 Å². The maximum atomic E-state index is 13.8. The van der Waals surface area contributed by atoms with E-state index in [0.29, 0.717) is 0 Å². The molecular formula is C24H25N5O9. The van der Waals surface area contributed by atoms with Crippen molar-refractivity contribution < 1.29 is 39.1 Å². The van der Waals surface area contributed by atoms with Gasteiger partial charge in [-0.1, -0.05) is 18.2 Å². The summed E-state index contributed by atoms with van der Waals surface area (Å²) < 4.78 is 5.16. The van der Waals surface area contributed by atoms with Gasteiger partial charge in [-0.05, 0) is 25.0 Å². The highest BCUT2D eigenvalue weighted by Crippen LogP contribution is 2.53. The van der Waals surface area contributed by atoms with Crippen LogP contribution < -0.4 is 26.0 Å². The minimum Gasteiger partial charge on any atom is -0.504 e. The van der Waals surface area contributed by atoms with Crippen molar-refractivity contribution in [1.82, 2.24) is 10.6 Å². The Morgan fingerprint density at radius 3 is 2.58 bits per heavy atom. The number of anilines is 1. The van der Waals surface area contributed by atoms with Crippen molar-refractivity contribution in [2.75, 3.05) is 18.6 Å². The van der Waals surface area contributed by atoms with Gasteiger partial charge in [0.25, 0.3) is 5.69 Å². The molecule has 2 saturated heterocycles. The molecule has 38 heavy (non-hydrogen) atoms. The van der Waals surface area contributed by atoms with Crippen molar-refractivity contribution in [3.05, 3.63) is 58.1 Å². The van der Waals surface area contributed by atoms with Crippen LogP contribution in [0.2, 0.25) is 0 Å². The molecule has 2 fully saturated rings. The zero-order valence-electron chi connectivity index (χ0n) is 20.1. The summed E-state index contributed by atoms with van der Waals surface area (Å²) in [5, 5.41) is 37.8. The Labute approximate surface area is 215 Å². The minimum absolute atomic E-state index is 0.00916. The third-order valence-corrected chi connectivity index (χ3v) is 6.97. The van der Waals surface area contributed by atoms with Gasteiger partial charge in [0.05, 0.1) is 29.6 Å². The number of nitrogens with one attached hydrogen (secondary N) is 2. The number of carboxylic acid groups (broad SMARTS) is 1. The summed E-state index contributed by atoms with van der Waals surface area (Å²) in [4.78, 5) is 62.8. The number of aromatic hydroxyl groups is 1. The van der Waals surface area contributed by atoms with E-state index in [0.717, 1.165) is 11.0 Å². The molecule has 2 aliphatic rings. The van der Waals surface area contributed by atoms with Gasteiger partial charge in [0, 0.05) is 30.3 Å². The molecule has 2 heterocycles. The first-order valence-electron chi connectivity index (χ1n) is 11.6. The summed E-state index contributed by atoms with van der Waals surface area (Å²) in [5.41, 5.74) is 2.81. The lowest BCUT2D eigenvalue weighted by Gasteiger charge is -2.31. The van der Waals surface area contributed by atoms with Crippen LogP contribution in [0.3, 0.4) is 0 Å². The molecule has 4 amide bonds. The number of nitro benzene ring substituents is 1. The number of nitro groups is 1. The third-order valence-electron chi connectivity index (χ3n) is 6.97. The third kappa shape index (κ3) is 4.24. The van der Waals surface area contributed by atoms with Crippen LogP contribution in [0.5, 0.6) is 11.5 Å². The number of imide groups is 1. The number of carbonyl (C=O) groups is 4. The standard InChI is InChI=1S/C24H25N5O9/c1-38-15-8-3-7-14(19(15)30)18-16-17(24(27-18,22(33)34)9-4-10-26-23(25)35)21(32)28(20(16)31)12-5-2-6-13(11-12)29(36)37/h2-3,5-8,11,16-18,27,30H,4,9-10H2,1H3,(H,33,34)(H3,25,26,35). The number of hydrogen-bond donors (Lipinski definition) is 5. The van der Waals surface area contributed by atoms with Gasteiger partial charge in [-0.25, -0.2) is 9.69 Å². The first kappa shape index (κ1) is 26.3. The number of primary amides is 1. The second-order valence-electron chi connectivity index (χ2n) is 8.98. The molecule has 6 N–H and O–H groups in total. The van der Waals surface area contributed by atoms with Crippen molar-refractivity contribution in [1.29, 1.82) is 0 Å². The number of nitrogens with zero attached hydrogens (tertiary/aromatic N) is 2. The van der Waals surface area contributed by atoms with Gasteiger partial charge in [-0.2, -0.15) is 0 Å². The van der Waals surface area contributed by atoms with E-state index in [4.69, 9.17) is 10.5 Å². The lowest BCUT2D eigenvalue weighted by Crippen LogP contribution is -2.56. The van der Waals surface area contributed by atoms with Crippen LogP contribution in [-0.2, 0) is 14.4 Å². The molecule has 4 unspecified atom stereocenters. The highest BCUT2D eigenvalue weighted by atomic mass is 16.6. The molecule has 2 aromatic rings. The van der Waals surface area contributed by atoms with Crippen LogP contribution in [0, 0.1) is 22.0 Å². The molecule has 0 radical (unpaired) electrons. The maximum Gasteiger partial charge on any atom is 0.324 e. The molecule has 0 spiro atoms. The molecule has 4 rings (SSSR count). The van der Waals surface area contributed by atoms with Gasteiger partial charge in [0.15, 0.2) is 11.5 Å². The van der Waals surface area contributed by atoms with E-state index in [9.17, 15) is 39.5 Å². The number of aliphatic carboxylic acids is 1. The fraction of sp³-hybridized carbons (Fsp3) is 0.333. The Bertz CT molecular complexity index is 1330. The lowest BCUT2D eigenvalue weighted by atomic mass is 9.77. The van der Waals surface area contributed by atoms with Gasteiger partial charge in [-0.15, -0.1) is 0 Å². The van der Waals surface area contributed by atoms with Crippen LogP contribution in [0.4, 0.5) is 16.2 Å². The van der Waals surface area contributed by atoms with E-state index in [1.165, 1.54) is 37.4 Å². The SMILES string of the molecule is COc1cccc(C2NC(CCCNC(N)=O)(C(=O)O)C3C(=O)N(c4cccc([N+](=O)[O-])c4)C(=O)C23)c1O. The lowest BCUT2D eigenvalue weighted by molar-refractivity contribution is -0.384. The number of para-hydroxylation sites is 1. The number of nitrogens with two attached hydrogens (primary N) is 1. The summed E-state index contributed by atoms with van der Waals surface area (Å²) in [6.07, 6.45) is -0.104. The molecule has 0 saturated carbocycles. The summed E-state index contributed by atoms with van der Waals surface area (Å²) in [5.74, 6) is -6.03. The topological polar surface area (TPSA) is 214 Å². The number of hydrogen-bond acceptors (Lipinski definition) is 9. The number of ether oxygens (including phenoxy) is 1. The average Bonchev–Trinajstić information content (AvgIpc) is 3.36. The van der Waals surface area contributed by atoms with E-state index in [1.807, 2.05) is 0 Å². The Kier molecular flexibility index (Phi) is 6.91. The summed E-state index contributed by atoms with van der Waals surface area (Å²) in [6.45, 7) is 0.00916. The van der Waals surface area contributed by atoms with Crippen LogP contribution in [0.1, 0.15) is 24.4 Å². The van der Waals surface area contributed by atoms with Crippen LogP contribution in [-0.4, -0.2) is 58.1 Å². The van der Waals surface area contributed by atoms with Gasteiger partial charge in [0.1, 0.15) is 5.54 Å². The van der Waals surface area contributed by atoms with Crippen molar-refractivity contribution in [2.24, 2.45) is 17.6 Å². The maximum absolute atomic E-state index is 13.8. The number of urea groups is 1. The Morgan fingerprint density at radius 1 is 1.24 bits per heavy atom. The van der Waals surface area contributed by atoms with E-state index >= 15 is 0 Å². The second kappa shape index (κ2) is 9.97. The minimum atomic E-state index is -1.98. The second-order valence-corrected chi connectivity index (χ2v) is 8.98. The van der Waals surface area contributed by atoms with E-state index < -0.39 is 52.2 Å². The van der Waals surface area contributed by atoms with E-state index in [1.54, 1.807) is 6.07 Å². The number of carboxylic acids is 1. The molecule has 4 atom stereocenters. The van der Waals surface area contributed by atoms with Crippen molar-refractivity contribution in [3.8, 4) is 11.5 Å². The van der Waals surface area contributed by atoms with Crippen molar-refractivity contribution in [2.45, 2.75) is 24.4 Å². The van der Waals surface area contributed by atoms with E-state index in [-0.39, 0.29) is 47.8 Å². The predicted octanol–water partition coefficient (Wildman–Crippen LogP) is 1.03. The smallest absolute Gasteiger partial charge is 0.324 e. The molecular weight excluding hydrogens is 502 g/mol. The number of phenolic OH excluding ortho intramolecular Hbond substituents is 1. The molecule has 0 aliphatic carbocycles. The van der Waals surface area contributed by atoms with Crippen molar-refractivity contribution >= 4 is 35.2 Å². The number of carbonyl (C=O) groups excluding carboxylic acids is 3. The number of benzene rings is 2. The number of non-ortho nitro benzene ring substituents is 1. The Balaban J connectivity index is 1.83. The largest absolute Gasteiger partial charge is 0.504 e. The van der Waals surface area contributed by atoms with Gasteiger partial charge < -0.3 is 26.0 Å².